The van der Waals surface area contributed by atoms with Crippen molar-refractivity contribution >= 4 is 12.1 Å². The van der Waals surface area contributed by atoms with Crippen molar-refractivity contribution in [1.82, 2.24) is 5.32 Å². The normalized spacial score (nSPS) is 13.8. The maximum Gasteiger partial charge on any atom is 0.422 e. The molecule has 0 saturated heterocycles. The van der Waals surface area contributed by atoms with Gasteiger partial charge < -0.3 is 14.8 Å². The van der Waals surface area contributed by atoms with Crippen LogP contribution >= 0.6 is 0 Å². The van der Waals surface area contributed by atoms with Crippen LogP contribution in [0.4, 0.5) is 26.7 Å². The summed E-state index contributed by atoms with van der Waals surface area (Å²) in [4.78, 5) is 25.6. The number of alkyl carbamates (subject to hydrolysis) is 1. The zero-order valence-corrected chi connectivity index (χ0v) is 22.1. The van der Waals surface area contributed by atoms with Gasteiger partial charge in [-0.25, -0.2) is 18.4 Å². The van der Waals surface area contributed by atoms with Gasteiger partial charge in [-0.15, -0.1) is 0 Å². The minimum Gasteiger partial charge on any atom is -0.458 e. The smallest absolute Gasteiger partial charge is 0.422 e. The van der Waals surface area contributed by atoms with Gasteiger partial charge in [0.1, 0.15) is 35.4 Å². The molecule has 40 heavy (non-hydrogen) atoms. The van der Waals surface area contributed by atoms with Gasteiger partial charge in [0.25, 0.3) is 0 Å². The highest BCUT2D eigenvalue weighted by atomic mass is 19.4. The molecular formula is C30H28F5NO4. The lowest BCUT2D eigenvalue weighted by molar-refractivity contribution is -0.157. The first-order chi connectivity index (χ1) is 18.7. The second kappa shape index (κ2) is 11.3. The van der Waals surface area contributed by atoms with E-state index < -0.39 is 47.1 Å². The molecule has 212 valence electrons. The van der Waals surface area contributed by atoms with Crippen LogP contribution in [0.5, 0.6) is 0 Å². The number of halogens is 5. The summed E-state index contributed by atoms with van der Waals surface area (Å²) >= 11 is 0. The van der Waals surface area contributed by atoms with E-state index in [9.17, 15) is 31.5 Å². The molecule has 0 fully saturated rings. The van der Waals surface area contributed by atoms with Crippen LogP contribution in [0.15, 0.2) is 60.7 Å². The minimum absolute atomic E-state index is 0.0176. The van der Waals surface area contributed by atoms with E-state index in [0.29, 0.717) is 12.1 Å². The van der Waals surface area contributed by atoms with E-state index in [-0.39, 0.29) is 30.9 Å². The fraction of sp³-hybridized carbons (Fsp3) is 0.333. The number of aryl methyl sites for hydroxylation is 1. The fourth-order valence-corrected chi connectivity index (χ4v) is 4.76. The maximum absolute atomic E-state index is 14.0. The number of nitrogens with one attached hydrogen (secondary N) is 1. The molecule has 5 nitrogen and oxygen atoms in total. The number of rotatable bonds is 7. The summed E-state index contributed by atoms with van der Waals surface area (Å²) in [5.41, 5.74) is 1.04. The highest BCUT2D eigenvalue weighted by Crippen LogP contribution is 2.44. The van der Waals surface area contributed by atoms with Crippen molar-refractivity contribution in [2.45, 2.75) is 57.3 Å². The molecule has 0 heterocycles. The third kappa shape index (κ3) is 6.60. The van der Waals surface area contributed by atoms with Crippen LogP contribution in [-0.2, 0) is 26.9 Å². The highest BCUT2D eigenvalue weighted by Gasteiger charge is 2.38. The lowest BCUT2D eigenvalue weighted by atomic mass is 9.98. The third-order valence-electron chi connectivity index (χ3n) is 6.43. The summed E-state index contributed by atoms with van der Waals surface area (Å²) in [5.74, 6) is -4.58. The predicted molar refractivity (Wildman–Crippen MR) is 138 cm³/mol. The van der Waals surface area contributed by atoms with Crippen molar-refractivity contribution < 1.29 is 41.0 Å². The van der Waals surface area contributed by atoms with Crippen LogP contribution in [0.1, 0.15) is 55.4 Å². The minimum atomic E-state index is -5.20. The zero-order valence-electron chi connectivity index (χ0n) is 22.1. The number of ether oxygens (including phenoxy) is 2. The lowest BCUT2D eigenvalue weighted by Gasteiger charge is -2.25. The molecule has 0 aliphatic heterocycles. The van der Waals surface area contributed by atoms with E-state index in [2.05, 4.69) is 5.32 Å². The number of esters is 1. The SMILES string of the molecule is CC(C)(C)OC(=O)[C@H](CCc1cc(F)c(C(F)(F)F)c(F)c1)NC(=O)OCC1c2ccccc2-c2ccccc21. The van der Waals surface area contributed by atoms with Crippen LogP contribution in [0, 0.1) is 11.6 Å². The maximum atomic E-state index is 14.0. The Morgan fingerprint density at radius 1 is 0.900 bits per heavy atom. The molecular weight excluding hydrogens is 533 g/mol. The Bertz CT molecular complexity index is 1350. The van der Waals surface area contributed by atoms with Gasteiger partial charge in [0.15, 0.2) is 0 Å². The lowest BCUT2D eigenvalue weighted by Crippen LogP contribution is -2.45. The Kier molecular flexibility index (Phi) is 8.18. The van der Waals surface area contributed by atoms with E-state index in [4.69, 9.17) is 9.47 Å². The first-order valence-electron chi connectivity index (χ1n) is 12.6. The molecule has 3 aromatic carbocycles. The van der Waals surface area contributed by atoms with Gasteiger partial charge in [0, 0.05) is 5.92 Å². The molecule has 10 heteroatoms. The summed E-state index contributed by atoms with van der Waals surface area (Å²) in [6, 6.07) is 15.3. The van der Waals surface area contributed by atoms with Gasteiger partial charge in [-0.1, -0.05) is 48.5 Å². The van der Waals surface area contributed by atoms with E-state index in [1.807, 2.05) is 48.5 Å². The van der Waals surface area contributed by atoms with Gasteiger partial charge in [0.2, 0.25) is 0 Å². The van der Waals surface area contributed by atoms with Gasteiger partial charge in [-0.3, -0.25) is 0 Å². The second-order valence-corrected chi connectivity index (χ2v) is 10.5. The van der Waals surface area contributed by atoms with Crippen molar-refractivity contribution in [1.29, 1.82) is 0 Å². The van der Waals surface area contributed by atoms with Gasteiger partial charge in [0.05, 0.1) is 0 Å². The Morgan fingerprint density at radius 2 is 1.43 bits per heavy atom. The molecule has 3 aromatic rings. The number of carbonyl (C=O) groups excluding carboxylic acids is 2. The summed E-state index contributed by atoms with van der Waals surface area (Å²) < 4.78 is 77.7. The monoisotopic (exact) mass is 561 g/mol. The number of hydrogen-bond acceptors (Lipinski definition) is 4. The molecule has 1 aliphatic rings. The van der Waals surface area contributed by atoms with E-state index in [1.165, 1.54) is 0 Å². The van der Waals surface area contributed by atoms with E-state index in [1.54, 1.807) is 20.8 Å². The number of alkyl halides is 3. The van der Waals surface area contributed by atoms with Crippen molar-refractivity contribution in [3.63, 3.8) is 0 Å². The Labute approximate surface area is 228 Å². The molecule has 0 bridgehead atoms. The zero-order chi connectivity index (χ0) is 29.2. The molecule has 1 N–H and O–H groups in total. The molecule has 1 amide bonds. The van der Waals surface area contributed by atoms with Crippen molar-refractivity contribution in [3.8, 4) is 11.1 Å². The fourth-order valence-electron chi connectivity index (χ4n) is 4.76. The second-order valence-electron chi connectivity index (χ2n) is 10.5. The number of fused-ring (bicyclic) bond motifs is 3. The van der Waals surface area contributed by atoms with Crippen molar-refractivity contribution in [2.24, 2.45) is 0 Å². The summed E-state index contributed by atoms with van der Waals surface area (Å²) in [7, 11) is 0. The summed E-state index contributed by atoms with van der Waals surface area (Å²) in [6.07, 6.45) is -6.54. The topological polar surface area (TPSA) is 64.6 Å². The van der Waals surface area contributed by atoms with Gasteiger partial charge in [-0.2, -0.15) is 13.2 Å². The number of amides is 1. The molecule has 0 radical (unpaired) electrons. The van der Waals surface area contributed by atoms with Gasteiger partial charge in [-0.05, 0) is 73.6 Å². The first kappa shape index (κ1) is 29.0. The molecule has 0 aromatic heterocycles. The van der Waals surface area contributed by atoms with Crippen molar-refractivity contribution in [2.75, 3.05) is 6.61 Å². The molecule has 0 unspecified atom stereocenters. The quantitative estimate of drug-likeness (QED) is 0.246. The average Bonchev–Trinajstić information content (AvgIpc) is 3.16. The Hall–Kier alpha value is -3.95. The standard InChI is InChI=1S/C30H28F5NO4/c1-29(2,3)40-27(37)25(13-12-17-14-23(31)26(24(32)15-17)30(33,34)35)36-28(38)39-16-22-20-10-6-4-8-18(20)19-9-5-7-11-21(19)22/h4-11,14-15,22,25H,12-13,16H2,1-3H3,(H,36,38)/t25-/m0/s1. The molecule has 0 saturated carbocycles. The van der Waals surface area contributed by atoms with Crippen LogP contribution in [0.25, 0.3) is 11.1 Å². The van der Waals surface area contributed by atoms with Crippen molar-refractivity contribution in [3.05, 3.63) is 94.6 Å². The van der Waals surface area contributed by atoms with Crippen LogP contribution < -0.4 is 5.32 Å². The number of benzene rings is 3. The molecule has 0 spiro atoms. The average molecular weight is 562 g/mol. The predicted octanol–water partition coefficient (Wildman–Crippen LogP) is 7.17. The molecule has 1 atom stereocenters. The van der Waals surface area contributed by atoms with Crippen LogP contribution in [0.3, 0.4) is 0 Å². The van der Waals surface area contributed by atoms with E-state index in [0.717, 1.165) is 22.3 Å². The first-order valence-corrected chi connectivity index (χ1v) is 12.6. The molecule has 4 rings (SSSR count). The van der Waals surface area contributed by atoms with Crippen LogP contribution in [0.2, 0.25) is 0 Å². The van der Waals surface area contributed by atoms with E-state index >= 15 is 0 Å². The number of hydrogen-bond donors (Lipinski definition) is 1. The Morgan fingerprint density at radius 3 is 1.93 bits per heavy atom. The molecule has 1 aliphatic carbocycles. The third-order valence-corrected chi connectivity index (χ3v) is 6.43. The highest BCUT2D eigenvalue weighted by molar-refractivity contribution is 5.82. The van der Waals surface area contributed by atoms with Gasteiger partial charge >= 0.3 is 18.2 Å². The Balaban J connectivity index is 1.46. The van der Waals surface area contributed by atoms with Crippen LogP contribution in [-0.4, -0.2) is 30.3 Å². The number of carbonyl (C=O) groups is 2. The summed E-state index contributed by atoms with van der Waals surface area (Å²) in [6.45, 7) is 4.85. The summed E-state index contributed by atoms with van der Waals surface area (Å²) in [5, 5.41) is 2.44. The largest absolute Gasteiger partial charge is 0.458 e.